The third-order valence-electron chi connectivity index (χ3n) is 3.94. The summed E-state index contributed by atoms with van der Waals surface area (Å²) in [6.07, 6.45) is 0. The summed E-state index contributed by atoms with van der Waals surface area (Å²) in [5.74, 6) is -0.262. The van der Waals surface area contributed by atoms with Crippen molar-refractivity contribution in [3.63, 3.8) is 0 Å². The molecule has 0 fully saturated rings. The van der Waals surface area contributed by atoms with Crippen molar-refractivity contribution in [3.05, 3.63) is 76.4 Å². The van der Waals surface area contributed by atoms with E-state index in [0.29, 0.717) is 5.76 Å². The zero-order valence-corrected chi connectivity index (χ0v) is 16.2. The van der Waals surface area contributed by atoms with E-state index < -0.39 is 5.91 Å². The lowest BCUT2D eigenvalue weighted by atomic mass is 10.1. The average Bonchev–Trinajstić information content (AvgIpc) is 3.17. The molecule has 1 unspecified atom stereocenters. The fourth-order valence-corrected chi connectivity index (χ4v) is 2.94. The van der Waals surface area contributed by atoms with E-state index in [4.69, 9.17) is 4.52 Å². The Hall–Kier alpha value is -2.93. The maximum absolute atomic E-state index is 12.2. The first-order valence-electron chi connectivity index (χ1n) is 8.38. The molecule has 1 atom stereocenters. The highest BCUT2D eigenvalue weighted by Gasteiger charge is 2.15. The minimum Gasteiger partial charge on any atom is -0.355 e. The molecule has 6 nitrogen and oxygen atoms in total. The quantitative estimate of drug-likeness (QED) is 0.627. The standard InChI is InChI=1S/C20H18BrN3O3/c1-13(15-8-5-9-16(21)10-15)23-19(25)12-22-20(26)17-11-18(27-24-17)14-6-3-2-4-7-14/h2-11,13H,12H2,1H3,(H,22,26)(H,23,25). The summed E-state index contributed by atoms with van der Waals surface area (Å²) in [5, 5.41) is 9.16. The Balaban J connectivity index is 1.53. The number of benzene rings is 2. The summed E-state index contributed by atoms with van der Waals surface area (Å²) in [6, 6.07) is 18.4. The van der Waals surface area contributed by atoms with Crippen LogP contribution in [0, 0.1) is 0 Å². The fourth-order valence-electron chi connectivity index (χ4n) is 2.52. The van der Waals surface area contributed by atoms with Crippen LogP contribution in [0.15, 0.2) is 69.7 Å². The Kier molecular flexibility index (Phi) is 6.03. The van der Waals surface area contributed by atoms with Crippen LogP contribution in [-0.2, 0) is 4.79 Å². The highest BCUT2D eigenvalue weighted by Crippen LogP contribution is 2.20. The summed E-state index contributed by atoms with van der Waals surface area (Å²) < 4.78 is 6.14. The van der Waals surface area contributed by atoms with Crippen molar-refractivity contribution in [2.75, 3.05) is 6.54 Å². The van der Waals surface area contributed by atoms with Crippen LogP contribution in [0.25, 0.3) is 11.3 Å². The maximum Gasteiger partial charge on any atom is 0.273 e. The van der Waals surface area contributed by atoms with Gasteiger partial charge in [0, 0.05) is 16.1 Å². The molecule has 1 heterocycles. The van der Waals surface area contributed by atoms with E-state index in [-0.39, 0.29) is 24.2 Å². The van der Waals surface area contributed by atoms with Gasteiger partial charge in [-0.05, 0) is 24.6 Å². The molecule has 0 radical (unpaired) electrons. The lowest BCUT2D eigenvalue weighted by Gasteiger charge is -2.14. The van der Waals surface area contributed by atoms with Gasteiger partial charge in [-0.25, -0.2) is 0 Å². The van der Waals surface area contributed by atoms with E-state index in [0.717, 1.165) is 15.6 Å². The number of amides is 2. The third-order valence-corrected chi connectivity index (χ3v) is 4.43. The summed E-state index contributed by atoms with van der Waals surface area (Å²) in [6.45, 7) is 1.73. The van der Waals surface area contributed by atoms with E-state index in [2.05, 4.69) is 31.7 Å². The van der Waals surface area contributed by atoms with Crippen molar-refractivity contribution >= 4 is 27.7 Å². The number of carbonyl (C=O) groups excluding carboxylic acids is 2. The highest BCUT2D eigenvalue weighted by atomic mass is 79.9. The number of rotatable bonds is 6. The molecule has 0 aliphatic heterocycles. The van der Waals surface area contributed by atoms with E-state index >= 15 is 0 Å². The molecule has 0 aliphatic rings. The second-order valence-corrected chi connectivity index (χ2v) is 6.88. The Morgan fingerprint density at radius 3 is 2.63 bits per heavy atom. The Morgan fingerprint density at radius 1 is 1.11 bits per heavy atom. The SMILES string of the molecule is CC(NC(=O)CNC(=O)c1cc(-c2ccccc2)on1)c1cccc(Br)c1. The van der Waals surface area contributed by atoms with Crippen molar-refractivity contribution in [3.8, 4) is 11.3 Å². The number of hydrogen-bond donors (Lipinski definition) is 2. The van der Waals surface area contributed by atoms with E-state index in [1.165, 1.54) is 0 Å². The van der Waals surface area contributed by atoms with Crippen molar-refractivity contribution in [1.82, 2.24) is 15.8 Å². The molecule has 2 amide bonds. The predicted octanol–water partition coefficient (Wildman–Crippen LogP) is 3.71. The number of aromatic nitrogens is 1. The Morgan fingerprint density at radius 2 is 1.89 bits per heavy atom. The third kappa shape index (κ3) is 5.04. The number of hydrogen-bond acceptors (Lipinski definition) is 4. The molecule has 0 bridgehead atoms. The average molecular weight is 428 g/mol. The molecule has 2 N–H and O–H groups in total. The number of nitrogens with one attached hydrogen (secondary N) is 2. The zero-order chi connectivity index (χ0) is 19.2. The van der Waals surface area contributed by atoms with E-state index in [1.54, 1.807) is 6.07 Å². The lowest BCUT2D eigenvalue weighted by Crippen LogP contribution is -2.38. The molecule has 27 heavy (non-hydrogen) atoms. The van der Waals surface area contributed by atoms with Crippen LogP contribution >= 0.6 is 15.9 Å². The minimum absolute atomic E-state index is 0.127. The van der Waals surface area contributed by atoms with Gasteiger partial charge in [0.15, 0.2) is 11.5 Å². The molecule has 0 saturated heterocycles. The molecule has 138 valence electrons. The monoisotopic (exact) mass is 427 g/mol. The van der Waals surface area contributed by atoms with E-state index in [9.17, 15) is 9.59 Å². The van der Waals surface area contributed by atoms with Crippen LogP contribution in [0.2, 0.25) is 0 Å². The topological polar surface area (TPSA) is 84.2 Å². The molecule has 0 spiro atoms. The maximum atomic E-state index is 12.2. The van der Waals surface area contributed by atoms with Gasteiger partial charge < -0.3 is 15.2 Å². The van der Waals surface area contributed by atoms with Crippen molar-refractivity contribution in [2.24, 2.45) is 0 Å². The van der Waals surface area contributed by atoms with Crippen LogP contribution in [0.3, 0.4) is 0 Å². The molecule has 0 aliphatic carbocycles. The smallest absolute Gasteiger partial charge is 0.273 e. The van der Waals surface area contributed by atoms with Crippen LogP contribution in [0.5, 0.6) is 0 Å². The van der Waals surface area contributed by atoms with Crippen LogP contribution in [-0.4, -0.2) is 23.5 Å². The van der Waals surface area contributed by atoms with Gasteiger partial charge in [0.25, 0.3) is 5.91 Å². The minimum atomic E-state index is -0.466. The van der Waals surface area contributed by atoms with Gasteiger partial charge in [-0.15, -0.1) is 0 Å². The molecule has 3 rings (SSSR count). The summed E-state index contributed by atoms with van der Waals surface area (Å²) in [4.78, 5) is 24.3. The Bertz CT molecular complexity index is 940. The summed E-state index contributed by atoms with van der Waals surface area (Å²) >= 11 is 3.41. The molecule has 7 heteroatoms. The van der Waals surface area contributed by atoms with Gasteiger partial charge in [0.1, 0.15) is 0 Å². The fraction of sp³-hybridized carbons (Fsp3) is 0.150. The first-order chi connectivity index (χ1) is 13.0. The van der Waals surface area contributed by atoms with Gasteiger partial charge in [-0.2, -0.15) is 0 Å². The van der Waals surface area contributed by atoms with Crippen molar-refractivity contribution < 1.29 is 14.1 Å². The Labute approximate surface area is 165 Å². The first-order valence-corrected chi connectivity index (χ1v) is 9.17. The van der Waals surface area contributed by atoms with Gasteiger partial charge >= 0.3 is 0 Å². The highest BCUT2D eigenvalue weighted by molar-refractivity contribution is 9.10. The number of halogens is 1. The molecule has 1 aromatic heterocycles. The number of nitrogens with zero attached hydrogens (tertiary/aromatic N) is 1. The van der Waals surface area contributed by atoms with Gasteiger partial charge in [0.05, 0.1) is 12.6 Å². The second-order valence-electron chi connectivity index (χ2n) is 5.97. The molecular formula is C20H18BrN3O3. The van der Waals surface area contributed by atoms with Crippen LogP contribution < -0.4 is 10.6 Å². The van der Waals surface area contributed by atoms with Gasteiger partial charge in [0.2, 0.25) is 5.91 Å². The molecular weight excluding hydrogens is 410 g/mol. The largest absolute Gasteiger partial charge is 0.355 e. The summed E-state index contributed by atoms with van der Waals surface area (Å²) in [5.41, 5.74) is 1.92. The first kappa shape index (κ1) is 18.8. The number of carbonyl (C=O) groups is 2. The normalized spacial score (nSPS) is 11.6. The van der Waals surface area contributed by atoms with Gasteiger partial charge in [-0.3, -0.25) is 9.59 Å². The lowest BCUT2D eigenvalue weighted by molar-refractivity contribution is -0.120. The van der Waals surface area contributed by atoms with Gasteiger partial charge in [-0.1, -0.05) is 63.6 Å². The zero-order valence-electron chi connectivity index (χ0n) is 14.6. The second kappa shape index (κ2) is 8.64. The molecule has 2 aromatic carbocycles. The molecule has 0 saturated carbocycles. The van der Waals surface area contributed by atoms with Crippen LogP contribution in [0.4, 0.5) is 0 Å². The van der Waals surface area contributed by atoms with E-state index in [1.807, 2.05) is 61.5 Å². The van der Waals surface area contributed by atoms with Crippen molar-refractivity contribution in [1.29, 1.82) is 0 Å². The molecule has 3 aromatic rings. The predicted molar refractivity (Wildman–Crippen MR) is 105 cm³/mol. The summed E-state index contributed by atoms with van der Waals surface area (Å²) in [7, 11) is 0. The van der Waals surface area contributed by atoms with Crippen molar-refractivity contribution in [2.45, 2.75) is 13.0 Å². The van der Waals surface area contributed by atoms with Crippen LogP contribution in [0.1, 0.15) is 29.0 Å².